The first-order chi connectivity index (χ1) is 11.6. The van der Waals surface area contributed by atoms with Gasteiger partial charge in [0.2, 0.25) is 5.91 Å². The van der Waals surface area contributed by atoms with Crippen molar-refractivity contribution in [3.8, 4) is 0 Å². The summed E-state index contributed by atoms with van der Waals surface area (Å²) in [5, 5.41) is 7.87. The van der Waals surface area contributed by atoms with E-state index in [-0.39, 0.29) is 5.91 Å². The molecule has 0 bridgehead atoms. The van der Waals surface area contributed by atoms with Crippen molar-refractivity contribution < 1.29 is 4.79 Å². The summed E-state index contributed by atoms with van der Waals surface area (Å²) in [5.74, 6) is -0.0582. The molecule has 0 aliphatic carbocycles. The number of aromatic nitrogens is 3. The molecule has 1 N–H and O–H groups in total. The van der Waals surface area contributed by atoms with Crippen molar-refractivity contribution >= 4 is 32.6 Å². The molecule has 24 heavy (non-hydrogen) atoms. The van der Waals surface area contributed by atoms with Gasteiger partial charge in [-0.3, -0.25) is 14.4 Å². The van der Waals surface area contributed by atoms with Crippen LogP contribution in [0.4, 0.5) is 5.13 Å². The van der Waals surface area contributed by atoms with Crippen molar-refractivity contribution in [1.29, 1.82) is 0 Å². The molecule has 126 valence electrons. The van der Waals surface area contributed by atoms with Gasteiger partial charge in [-0.25, -0.2) is 4.98 Å². The minimum Gasteiger partial charge on any atom is -0.301 e. The van der Waals surface area contributed by atoms with E-state index < -0.39 is 0 Å². The number of benzene rings is 1. The second-order valence-electron chi connectivity index (χ2n) is 5.78. The van der Waals surface area contributed by atoms with Gasteiger partial charge in [-0.2, -0.15) is 5.10 Å². The summed E-state index contributed by atoms with van der Waals surface area (Å²) >= 11 is 1.49. The highest BCUT2D eigenvalue weighted by Crippen LogP contribution is 2.25. The van der Waals surface area contributed by atoms with Crippen molar-refractivity contribution in [2.75, 3.05) is 18.9 Å². The Bertz CT molecular complexity index is 821. The van der Waals surface area contributed by atoms with Crippen molar-refractivity contribution in [1.82, 2.24) is 19.7 Å². The summed E-state index contributed by atoms with van der Waals surface area (Å²) in [7, 11) is 1.93. The number of carbonyl (C=O) groups excluding carboxylic acids is 1. The molecule has 0 aliphatic rings. The molecular weight excluding hydrogens is 322 g/mol. The maximum Gasteiger partial charge on any atom is 0.240 e. The van der Waals surface area contributed by atoms with Gasteiger partial charge in [0.1, 0.15) is 0 Å². The Morgan fingerprint density at radius 2 is 2.17 bits per heavy atom. The van der Waals surface area contributed by atoms with E-state index in [0.717, 1.165) is 28.0 Å². The zero-order chi connectivity index (χ0) is 17.1. The lowest BCUT2D eigenvalue weighted by molar-refractivity contribution is -0.117. The Morgan fingerprint density at radius 3 is 2.88 bits per heavy atom. The van der Waals surface area contributed by atoms with Crippen LogP contribution in [0.2, 0.25) is 0 Å². The number of amides is 1. The van der Waals surface area contributed by atoms with Crippen LogP contribution in [0.1, 0.15) is 18.2 Å². The highest BCUT2D eigenvalue weighted by molar-refractivity contribution is 7.22. The average molecular weight is 343 g/mol. The highest BCUT2D eigenvalue weighted by atomic mass is 32.1. The van der Waals surface area contributed by atoms with E-state index in [4.69, 9.17) is 0 Å². The van der Waals surface area contributed by atoms with Crippen LogP contribution in [-0.4, -0.2) is 39.2 Å². The molecule has 0 aliphatic heterocycles. The van der Waals surface area contributed by atoms with Crippen molar-refractivity contribution in [3.63, 3.8) is 0 Å². The number of aryl methyl sites for hydroxylation is 1. The van der Waals surface area contributed by atoms with Gasteiger partial charge in [-0.1, -0.05) is 23.5 Å². The third-order valence-electron chi connectivity index (χ3n) is 3.90. The second-order valence-corrected chi connectivity index (χ2v) is 6.81. The van der Waals surface area contributed by atoms with Crippen LogP contribution in [0, 0.1) is 6.92 Å². The molecule has 7 heteroatoms. The lowest BCUT2D eigenvalue weighted by atomic mass is 10.2. The Kier molecular flexibility index (Phi) is 4.92. The predicted molar refractivity (Wildman–Crippen MR) is 97.2 cm³/mol. The van der Waals surface area contributed by atoms with E-state index in [2.05, 4.69) is 29.2 Å². The fraction of sp³-hybridized carbons (Fsp3) is 0.353. The monoisotopic (exact) mass is 343 g/mol. The maximum absolute atomic E-state index is 12.2. The lowest BCUT2D eigenvalue weighted by Crippen LogP contribution is -2.29. The predicted octanol–water partition coefficient (Wildman–Crippen LogP) is 2.89. The van der Waals surface area contributed by atoms with E-state index in [9.17, 15) is 4.79 Å². The van der Waals surface area contributed by atoms with E-state index >= 15 is 0 Å². The normalized spacial score (nSPS) is 11.3. The molecule has 0 unspecified atom stereocenters. The molecule has 0 saturated carbocycles. The number of anilines is 1. The molecule has 0 atom stereocenters. The molecule has 6 nitrogen and oxygen atoms in total. The first-order valence-corrected chi connectivity index (χ1v) is 8.73. The van der Waals surface area contributed by atoms with Crippen LogP contribution in [-0.2, 0) is 17.9 Å². The van der Waals surface area contributed by atoms with Crippen LogP contribution in [0.5, 0.6) is 0 Å². The van der Waals surface area contributed by atoms with Crippen LogP contribution in [0.25, 0.3) is 10.2 Å². The Labute approximate surface area is 145 Å². The molecule has 3 aromatic rings. The number of nitrogens with zero attached hydrogens (tertiary/aromatic N) is 4. The summed E-state index contributed by atoms with van der Waals surface area (Å²) in [6.07, 6.45) is 1.88. The number of nitrogens with one attached hydrogen (secondary N) is 1. The number of hydrogen-bond acceptors (Lipinski definition) is 5. The zero-order valence-corrected chi connectivity index (χ0v) is 14.9. The summed E-state index contributed by atoms with van der Waals surface area (Å²) in [6, 6.07) is 7.86. The van der Waals surface area contributed by atoms with Gasteiger partial charge in [0.15, 0.2) is 5.13 Å². The third kappa shape index (κ3) is 3.63. The van der Waals surface area contributed by atoms with E-state index in [0.29, 0.717) is 18.2 Å². The molecular formula is C17H21N5OS. The molecule has 1 amide bonds. The number of hydrogen-bond donors (Lipinski definition) is 1. The maximum atomic E-state index is 12.2. The molecule has 0 saturated heterocycles. The zero-order valence-electron chi connectivity index (χ0n) is 14.1. The third-order valence-corrected chi connectivity index (χ3v) is 4.85. The first-order valence-electron chi connectivity index (χ1n) is 7.92. The summed E-state index contributed by atoms with van der Waals surface area (Å²) in [6.45, 7) is 5.99. The number of para-hydroxylation sites is 1. The molecule has 0 fully saturated rings. The summed E-state index contributed by atoms with van der Waals surface area (Å²) < 4.78 is 3.04. The van der Waals surface area contributed by atoms with Gasteiger partial charge in [0.05, 0.1) is 23.0 Å². The second kappa shape index (κ2) is 7.11. The van der Waals surface area contributed by atoms with Gasteiger partial charge < -0.3 is 5.32 Å². The summed E-state index contributed by atoms with van der Waals surface area (Å²) in [4.78, 5) is 18.6. The number of thiazole rings is 1. The molecule has 1 aromatic carbocycles. The lowest BCUT2D eigenvalue weighted by Gasteiger charge is -2.15. The van der Waals surface area contributed by atoms with Gasteiger partial charge >= 0.3 is 0 Å². The molecule has 2 aromatic heterocycles. The van der Waals surface area contributed by atoms with Crippen molar-refractivity contribution in [3.05, 3.63) is 41.7 Å². The number of likely N-dealkylation sites (N-methyl/N-ethyl adjacent to an activating group) is 1. The van der Waals surface area contributed by atoms with Crippen LogP contribution < -0.4 is 5.32 Å². The minimum absolute atomic E-state index is 0.0582. The number of rotatable bonds is 6. The molecule has 2 heterocycles. The average Bonchev–Trinajstić information content (AvgIpc) is 3.10. The standard InChI is InChI=1S/C17H21N5OS/c1-4-22-12(2)13(9-18-22)10-21(3)11-16(23)20-17-19-14-7-5-6-8-15(14)24-17/h5-9H,4,10-11H2,1-3H3,(H,19,20,23). The SMILES string of the molecule is CCn1ncc(CN(C)CC(=O)Nc2nc3ccccc3s2)c1C. The van der Waals surface area contributed by atoms with Gasteiger partial charge in [0.25, 0.3) is 0 Å². The van der Waals surface area contributed by atoms with Crippen LogP contribution in [0.3, 0.4) is 0 Å². The van der Waals surface area contributed by atoms with Gasteiger partial charge in [-0.15, -0.1) is 0 Å². The van der Waals surface area contributed by atoms with Gasteiger partial charge in [0, 0.05) is 24.3 Å². The van der Waals surface area contributed by atoms with Crippen molar-refractivity contribution in [2.24, 2.45) is 0 Å². The van der Waals surface area contributed by atoms with E-state index in [1.807, 2.05) is 47.1 Å². The van der Waals surface area contributed by atoms with E-state index in [1.165, 1.54) is 11.3 Å². The number of carbonyl (C=O) groups is 1. The van der Waals surface area contributed by atoms with Gasteiger partial charge in [-0.05, 0) is 33.0 Å². The minimum atomic E-state index is -0.0582. The molecule has 3 rings (SSSR count). The Balaban J connectivity index is 1.58. The topological polar surface area (TPSA) is 63.1 Å². The smallest absolute Gasteiger partial charge is 0.240 e. The van der Waals surface area contributed by atoms with Crippen LogP contribution in [0.15, 0.2) is 30.5 Å². The Hall–Kier alpha value is -2.25. The Morgan fingerprint density at radius 1 is 1.38 bits per heavy atom. The quantitative estimate of drug-likeness (QED) is 0.747. The fourth-order valence-electron chi connectivity index (χ4n) is 2.64. The van der Waals surface area contributed by atoms with E-state index in [1.54, 1.807) is 0 Å². The highest BCUT2D eigenvalue weighted by Gasteiger charge is 2.13. The number of fused-ring (bicyclic) bond motifs is 1. The molecule has 0 spiro atoms. The fourth-order valence-corrected chi connectivity index (χ4v) is 3.52. The van der Waals surface area contributed by atoms with Crippen molar-refractivity contribution in [2.45, 2.75) is 26.9 Å². The largest absolute Gasteiger partial charge is 0.301 e. The van der Waals surface area contributed by atoms with Crippen LogP contribution >= 0.6 is 11.3 Å². The molecule has 0 radical (unpaired) electrons. The summed E-state index contributed by atoms with van der Waals surface area (Å²) in [5.41, 5.74) is 3.21. The first kappa shape index (κ1) is 16.6.